The average molecular weight is 269 g/mol. The van der Waals surface area contributed by atoms with Crippen LogP contribution in [-0.4, -0.2) is 11.0 Å². The van der Waals surface area contributed by atoms with Gasteiger partial charge in [0, 0.05) is 12.1 Å². The average Bonchev–Trinajstić information content (AvgIpc) is 2.37. The lowest BCUT2D eigenvalue weighted by atomic mass is 10.1. The van der Waals surface area contributed by atoms with Gasteiger partial charge in [0.1, 0.15) is 5.75 Å². The first-order valence-corrected chi connectivity index (χ1v) is 6.69. The Morgan fingerprint density at radius 1 is 1.05 bits per heavy atom. The molecular weight excluding hydrogens is 250 g/mol. The van der Waals surface area contributed by atoms with E-state index in [1.54, 1.807) is 12.1 Å². The fraction of sp³-hybridized carbons (Fsp3) is 0.235. The van der Waals surface area contributed by atoms with E-state index < -0.39 is 0 Å². The van der Waals surface area contributed by atoms with Crippen LogP contribution in [0.2, 0.25) is 0 Å². The Morgan fingerprint density at radius 2 is 1.65 bits per heavy atom. The van der Waals surface area contributed by atoms with Crippen LogP contribution < -0.4 is 5.32 Å². The van der Waals surface area contributed by atoms with Crippen molar-refractivity contribution in [1.82, 2.24) is 0 Å². The predicted octanol–water partition coefficient (Wildman–Crippen LogP) is 3.58. The van der Waals surface area contributed by atoms with Crippen molar-refractivity contribution in [2.24, 2.45) is 0 Å². The highest BCUT2D eigenvalue weighted by Crippen LogP contribution is 2.15. The smallest absolute Gasteiger partial charge is 0.224 e. The lowest BCUT2D eigenvalue weighted by Crippen LogP contribution is -2.12. The molecule has 0 aliphatic heterocycles. The van der Waals surface area contributed by atoms with Crippen molar-refractivity contribution in [2.75, 3.05) is 5.32 Å². The Morgan fingerprint density at radius 3 is 2.25 bits per heavy atom. The maximum atomic E-state index is 11.9. The van der Waals surface area contributed by atoms with E-state index in [-0.39, 0.29) is 11.7 Å². The van der Waals surface area contributed by atoms with E-state index in [0.717, 1.165) is 22.4 Å². The van der Waals surface area contributed by atoms with E-state index in [4.69, 9.17) is 0 Å². The molecule has 3 heteroatoms. The summed E-state index contributed by atoms with van der Waals surface area (Å²) in [6.07, 6.45) is 1.09. The highest BCUT2D eigenvalue weighted by molar-refractivity contribution is 5.91. The van der Waals surface area contributed by atoms with Gasteiger partial charge < -0.3 is 10.4 Å². The summed E-state index contributed by atoms with van der Waals surface area (Å²) in [6.45, 7) is 4.03. The number of rotatable bonds is 4. The van der Waals surface area contributed by atoms with Crippen LogP contribution in [0.4, 0.5) is 5.69 Å². The molecule has 0 aliphatic carbocycles. The lowest BCUT2D eigenvalue weighted by molar-refractivity contribution is -0.116. The van der Waals surface area contributed by atoms with Gasteiger partial charge in [0.25, 0.3) is 0 Å². The quantitative estimate of drug-likeness (QED) is 0.891. The van der Waals surface area contributed by atoms with E-state index >= 15 is 0 Å². The molecule has 1 amide bonds. The molecule has 0 saturated heterocycles. The van der Waals surface area contributed by atoms with Crippen molar-refractivity contribution in [1.29, 1.82) is 0 Å². The van der Waals surface area contributed by atoms with Crippen molar-refractivity contribution in [3.8, 4) is 5.75 Å². The number of amides is 1. The second-order valence-corrected chi connectivity index (χ2v) is 5.09. The molecule has 0 heterocycles. The number of aryl methyl sites for hydroxylation is 3. The largest absolute Gasteiger partial charge is 0.508 e. The molecule has 2 aromatic carbocycles. The molecule has 0 unspecified atom stereocenters. The Bertz CT molecular complexity index is 583. The monoisotopic (exact) mass is 269 g/mol. The molecule has 2 N–H and O–H groups in total. The number of hydrogen-bond acceptors (Lipinski definition) is 2. The third kappa shape index (κ3) is 4.12. The number of benzene rings is 2. The number of phenolic OH excluding ortho intramolecular Hbond substituents is 1. The molecule has 0 fully saturated rings. The van der Waals surface area contributed by atoms with Crippen LogP contribution >= 0.6 is 0 Å². The van der Waals surface area contributed by atoms with Gasteiger partial charge in [-0.25, -0.2) is 0 Å². The Balaban J connectivity index is 1.90. The predicted molar refractivity (Wildman–Crippen MR) is 81.0 cm³/mol. The van der Waals surface area contributed by atoms with E-state index in [1.807, 2.05) is 38.1 Å². The van der Waals surface area contributed by atoms with E-state index in [0.29, 0.717) is 12.8 Å². The second kappa shape index (κ2) is 6.24. The van der Waals surface area contributed by atoms with E-state index in [9.17, 15) is 9.90 Å². The van der Waals surface area contributed by atoms with Crippen LogP contribution in [0.25, 0.3) is 0 Å². The zero-order chi connectivity index (χ0) is 14.5. The van der Waals surface area contributed by atoms with E-state index in [2.05, 4.69) is 11.4 Å². The molecule has 2 aromatic rings. The zero-order valence-corrected chi connectivity index (χ0v) is 11.8. The summed E-state index contributed by atoms with van der Waals surface area (Å²) in [4.78, 5) is 11.9. The molecule has 0 atom stereocenters. The normalized spacial score (nSPS) is 10.3. The molecule has 2 rings (SSSR count). The summed E-state index contributed by atoms with van der Waals surface area (Å²) in [5.41, 5.74) is 4.16. The number of carbonyl (C=O) groups is 1. The van der Waals surface area contributed by atoms with Crippen molar-refractivity contribution in [2.45, 2.75) is 26.7 Å². The number of nitrogens with one attached hydrogen (secondary N) is 1. The van der Waals surface area contributed by atoms with Crippen molar-refractivity contribution >= 4 is 11.6 Å². The number of carbonyl (C=O) groups excluding carboxylic acids is 1. The van der Waals surface area contributed by atoms with Crippen molar-refractivity contribution in [3.05, 3.63) is 59.2 Å². The first-order valence-electron chi connectivity index (χ1n) is 6.69. The molecule has 0 radical (unpaired) electrons. The van der Waals surface area contributed by atoms with Gasteiger partial charge in [0.15, 0.2) is 0 Å². The molecule has 20 heavy (non-hydrogen) atoms. The maximum Gasteiger partial charge on any atom is 0.224 e. The third-order valence-electron chi connectivity index (χ3n) is 3.08. The molecule has 0 aromatic heterocycles. The summed E-state index contributed by atoms with van der Waals surface area (Å²) in [7, 11) is 0. The molecule has 0 spiro atoms. The van der Waals surface area contributed by atoms with Crippen LogP contribution in [0, 0.1) is 13.8 Å². The summed E-state index contributed by atoms with van der Waals surface area (Å²) in [5, 5.41) is 12.1. The number of anilines is 1. The van der Waals surface area contributed by atoms with Gasteiger partial charge >= 0.3 is 0 Å². The van der Waals surface area contributed by atoms with Crippen molar-refractivity contribution in [3.63, 3.8) is 0 Å². The van der Waals surface area contributed by atoms with Crippen molar-refractivity contribution < 1.29 is 9.90 Å². The van der Waals surface area contributed by atoms with Crippen LogP contribution in [0.1, 0.15) is 23.1 Å². The zero-order valence-electron chi connectivity index (χ0n) is 11.8. The molecule has 0 saturated carbocycles. The molecular formula is C17H19NO2. The third-order valence-corrected chi connectivity index (χ3v) is 3.08. The van der Waals surface area contributed by atoms with E-state index in [1.165, 1.54) is 0 Å². The highest BCUT2D eigenvalue weighted by Gasteiger charge is 2.04. The summed E-state index contributed by atoms with van der Waals surface area (Å²) >= 11 is 0. The topological polar surface area (TPSA) is 49.3 Å². The number of phenols is 1. The van der Waals surface area contributed by atoms with Crippen LogP contribution in [0.5, 0.6) is 5.75 Å². The van der Waals surface area contributed by atoms with Crippen LogP contribution in [0.3, 0.4) is 0 Å². The summed E-state index contributed by atoms with van der Waals surface area (Å²) in [5.74, 6) is 0.247. The molecule has 104 valence electrons. The minimum absolute atomic E-state index is 0.00285. The van der Waals surface area contributed by atoms with Gasteiger partial charge in [-0.3, -0.25) is 4.79 Å². The minimum atomic E-state index is 0.00285. The fourth-order valence-corrected chi connectivity index (χ4v) is 2.19. The van der Waals surface area contributed by atoms with Gasteiger partial charge in [0.05, 0.1) is 0 Å². The summed E-state index contributed by atoms with van der Waals surface area (Å²) < 4.78 is 0. The number of hydrogen-bond donors (Lipinski definition) is 2. The Hall–Kier alpha value is -2.29. The number of aromatic hydroxyl groups is 1. The maximum absolute atomic E-state index is 11.9. The molecule has 3 nitrogen and oxygen atoms in total. The first-order chi connectivity index (χ1) is 9.52. The van der Waals surface area contributed by atoms with Gasteiger partial charge in [-0.05, 0) is 61.2 Å². The van der Waals surface area contributed by atoms with Gasteiger partial charge in [0.2, 0.25) is 5.91 Å². The van der Waals surface area contributed by atoms with Gasteiger partial charge in [-0.15, -0.1) is 0 Å². The molecule has 0 bridgehead atoms. The first kappa shape index (κ1) is 14.1. The Kier molecular flexibility index (Phi) is 4.41. The molecule has 0 aliphatic rings. The second-order valence-electron chi connectivity index (χ2n) is 5.09. The SMILES string of the molecule is Cc1cc(C)cc(NC(=O)CCc2ccc(O)cc2)c1. The minimum Gasteiger partial charge on any atom is -0.508 e. The standard InChI is InChI=1S/C17H19NO2/c1-12-9-13(2)11-15(10-12)18-17(20)8-5-14-3-6-16(19)7-4-14/h3-4,6-7,9-11,19H,5,8H2,1-2H3,(H,18,20). The fourth-order valence-electron chi connectivity index (χ4n) is 2.19. The van der Waals surface area contributed by atoms with Crippen LogP contribution in [0.15, 0.2) is 42.5 Å². The van der Waals surface area contributed by atoms with Crippen LogP contribution in [-0.2, 0) is 11.2 Å². The Labute approximate surface area is 119 Å². The highest BCUT2D eigenvalue weighted by atomic mass is 16.3. The van der Waals surface area contributed by atoms with Gasteiger partial charge in [-0.1, -0.05) is 18.2 Å². The summed E-state index contributed by atoms with van der Waals surface area (Å²) in [6, 6.07) is 12.9. The lowest BCUT2D eigenvalue weighted by Gasteiger charge is -2.07. The van der Waals surface area contributed by atoms with Gasteiger partial charge in [-0.2, -0.15) is 0 Å².